The van der Waals surface area contributed by atoms with E-state index in [-0.39, 0.29) is 11.7 Å². The Balaban J connectivity index is 1.74. The summed E-state index contributed by atoms with van der Waals surface area (Å²) in [5.41, 5.74) is 1.93. The van der Waals surface area contributed by atoms with Crippen LogP contribution in [0.25, 0.3) is 17.4 Å². The predicted molar refractivity (Wildman–Crippen MR) is 103 cm³/mol. The summed E-state index contributed by atoms with van der Waals surface area (Å²) >= 11 is 5.99. The Kier molecular flexibility index (Phi) is 5.34. The third kappa shape index (κ3) is 4.49. The maximum Gasteiger partial charge on any atom is 0.221 e. The van der Waals surface area contributed by atoms with Gasteiger partial charge in [0.25, 0.3) is 0 Å². The van der Waals surface area contributed by atoms with Crippen molar-refractivity contribution in [1.82, 2.24) is 0 Å². The zero-order chi connectivity index (χ0) is 18.5. The molecule has 0 aliphatic carbocycles. The molecule has 0 saturated carbocycles. The van der Waals surface area contributed by atoms with E-state index >= 15 is 0 Å². The zero-order valence-electron chi connectivity index (χ0n) is 14.0. The number of hydrogen-bond donors (Lipinski definition) is 1. The minimum absolute atomic E-state index is 0.182. The predicted octanol–water partition coefficient (Wildman–Crippen LogP) is 5.45. The Morgan fingerprint density at radius 2 is 1.85 bits per heavy atom. The second-order valence-electron chi connectivity index (χ2n) is 5.67. The Bertz CT molecular complexity index is 988. The molecule has 1 aromatic heterocycles. The summed E-state index contributed by atoms with van der Waals surface area (Å²) < 4.78 is 5.73. The zero-order valence-corrected chi connectivity index (χ0v) is 14.8. The Morgan fingerprint density at radius 1 is 1.04 bits per heavy atom. The van der Waals surface area contributed by atoms with Crippen LogP contribution >= 0.6 is 11.6 Å². The highest BCUT2D eigenvalue weighted by Crippen LogP contribution is 2.25. The number of furan rings is 1. The van der Waals surface area contributed by atoms with E-state index in [2.05, 4.69) is 5.32 Å². The van der Waals surface area contributed by atoms with E-state index in [1.807, 2.05) is 24.3 Å². The molecule has 0 spiro atoms. The Morgan fingerprint density at radius 3 is 2.62 bits per heavy atom. The third-order valence-electron chi connectivity index (χ3n) is 3.60. The lowest BCUT2D eigenvalue weighted by Gasteiger charge is -2.03. The van der Waals surface area contributed by atoms with Crippen molar-refractivity contribution in [3.05, 3.63) is 83.1 Å². The number of rotatable bonds is 5. The second-order valence-corrected chi connectivity index (χ2v) is 6.11. The van der Waals surface area contributed by atoms with E-state index in [0.717, 1.165) is 5.56 Å². The van der Waals surface area contributed by atoms with Gasteiger partial charge in [0.1, 0.15) is 11.5 Å². The molecule has 130 valence electrons. The van der Waals surface area contributed by atoms with Crippen molar-refractivity contribution in [1.29, 1.82) is 0 Å². The first kappa shape index (κ1) is 17.7. The van der Waals surface area contributed by atoms with Crippen LogP contribution in [0.15, 0.2) is 71.2 Å². The van der Waals surface area contributed by atoms with E-state index in [1.165, 1.54) is 13.0 Å². The van der Waals surface area contributed by atoms with Crippen molar-refractivity contribution < 1.29 is 14.0 Å². The van der Waals surface area contributed by atoms with Crippen LogP contribution in [0.4, 0.5) is 5.69 Å². The number of carbonyl (C=O) groups excluding carboxylic acids is 2. The third-order valence-corrected chi connectivity index (χ3v) is 3.84. The molecule has 0 bridgehead atoms. The molecule has 1 amide bonds. The number of benzene rings is 2. The lowest BCUT2D eigenvalue weighted by molar-refractivity contribution is -0.114. The van der Waals surface area contributed by atoms with Crippen molar-refractivity contribution in [2.45, 2.75) is 6.92 Å². The maximum atomic E-state index is 12.3. The summed E-state index contributed by atoms with van der Waals surface area (Å²) in [6.07, 6.45) is 3.05. The summed E-state index contributed by atoms with van der Waals surface area (Å²) in [4.78, 5) is 23.4. The molecule has 0 aliphatic rings. The van der Waals surface area contributed by atoms with Crippen LogP contribution in [-0.2, 0) is 4.79 Å². The fourth-order valence-corrected chi connectivity index (χ4v) is 2.64. The highest BCUT2D eigenvalue weighted by molar-refractivity contribution is 6.30. The number of carbonyl (C=O) groups is 2. The van der Waals surface area contributed by atoms with E-state index in [1.54, 1.807) is 42.5 Å². The number of halogens is 1. The van der Waals surface area contributed by atoms with Gasteiger partial charge < -0.3 is 9.73 Å². The number of ketones is 1. The van der Waals surface area contributed by atoms with Crippen LogP contribution in [0.5, 0.6) is 0 Å². The van der Waals surface area contributed by atoms with Gasteiger partial charge in [-0.3, -0.25) is 9.59 Å². The second kappa shape index (κ2) is 7.85. The summed E-state index contributed by atoms with van der Waals surface area (Å²) in [6.45, 7) is 1.42. The summed E-state index contributed by atoms with van der Waals surface area (Å²) in [5, 5.41) is 3.29. The SMILES string of the molecule is CC(=O)Nc1cccc(C(=O)C=Cc2ccc(-c3cccc(Cl)c3)o2)c1. The Hall–Kier alpha value is -3.11. The minimum atomic E-state index is -0.186. The first-order valence-corrected chi connectivity index (χ1v) is 8.35. The molecule has 0 unspecified atom stereocenters. The van der Waals surface area contributed by atoms with Gasteiger partial charge in [0, 0.05) is 28.8 Å². The average Bonchev–Trinajstić information content (AvgIpc) is 3.08. The standard InChI is InChI=1S/C21H16ClNO3/c1-14(24)23-18-7-3-4-15(13-18)20(25)10-8-19-9-11-21(26-19)16-5-2-6-17(22)12-16/h2-13H,1H3,(H,23,24). The molecule has 0 radical (unpaired) electrons. The minimum Gasteiger partial charge on any atom is -0.457 e. The Labute approximate surface area is 156 Å². The first-order valence-electron chi connectivity index (χ1n) is 7.97. The molecule has 0 fully saturated rings. The van der Waals surface area contributed by atoms with E-state index in [9.17, 15) is 9.59 Å². The fourth-order valence-electron chi connectivity index (χ4n) is 2.45. The molecular weight excluding hydrogens is 350 g/mol. The summed E-state index contributed by atoms with van der Waals surface area (Å²) in [5.74, 6) is 0.866. The maximum absolute atomic E-state index is 12.3. The molecule has 3 aromatic rings. The summed E-state index contributed by atoms with van der Waals surface area (Å²) in [7, 11) is 0. The molecule has 1 N–H and O–H groups in total. The van der Waals surface area contributed by atoms with E-state index in [0.29, 0.717) is 27.8 Å². The first-order chi connectivity index (χ1) is 12.5. The monoisotopic (exact) mass is 365 g/mol. The van der Waals surface area contributed by atoms with Crippen molar-refractivity contribution in [3.8, 4) is 11.3 Å². The topological polar surface area (TPSA) is 59.3 Å². The van der Waals surface area contributed by atoms with Gasteiger partial charge in [0.2, 0.25) is 5.91 Å². The van der Waals surface area contributed by atoms with Crippen molar-refractivity contribution in [2.75, 3.05) is 5.32 Å². The molecular formula is C21H16ClNO3. The summed E-state index contributed by atoms with van der Waals surface area (Å²) in [6, 6.07) is 17.7. The normalized spacial score (nSPS) is 10.8. The van der Waals surface area contributed by atoms with Crippen molar-refractivity contribution >= 4 is 35.1 Å². The van der Waals surface area contributed by atoms with Crippen LogP contribution in [0.2, 0.25) is 5.02 Å². The quantitative estimate of drug-likeness (QED) is 0.482. The van der Waals surface area contributed by atoms with Crippen LogP contribution < -0.4 is 5.32 Å². The van der Waals surface area contributed by atoms with Gasteiger partial charge >= 0.3 is 0 Å². The van der Waals surface area contributed by atoms with Gasteiger partial charge in [-0.1, -0.05) is 35.9 Å². The molecule has 3 rings (SSSR count). The van der Waals surface area contributed by atoms with E-state index in [4.69, 9.17) is 16.0 Å². The lowest BCUT2D eigenvalue weighted by Crippen LogP contribution is -2.06. The van der Waals surface area contributed by atoms with Gasteiger partial charge in [-0.15, -0.1) is 0 Å². The number of allylic oxidation sites excluding steroid dienone is 1. The molecule has 26 heavy (non-hydrogen) atoms. The highest BCUT2D eigenvalue weighted by atomic mass is 35.5. The van der Waals surface area contributed by atoms with Crippen LogP contribution in [0.3, 0.4) is 0 Å². The van der Waals surface area contributed by atoms with E-state index < -0.39 is 0 Å². The molecule has 0 aliphatic heterocycles. The number of nitrogens with one attached hydrogen (secondary N) is 1. The van der Waals surface area contributed by atoms with Crippen LogP contribution in [-0.4, -0.2) is 11.7 Å². The van der Waals surface area contributed by atoms with Crippen LogP contribution in [0, 0.1) is 0 Å². The lowest BCUT2D eigenvalue weighted by atomic mass is 10.1. The number of amides is 1. The fraction of sp³-hybridized carbons (Fsp3) is 0.0476. The number of hydrogen-bond acceptors (Lipinski definition) is 3. The molecule has 0 atom stereocenters. The van der Waals surface area contributed by atoms with Gasteiger partial charge in [-0.25, -0.2) is 0 Å². The molecule has 2 aromatic carbocycles. The van der Waals surface area contributed by atoms with Gasteiger partial charge in [0.05, 0.1) is 0 Å². The molecule has 5 heteroatoms. The molecule has 4 nitrogen and oxygen atoms in total. The largest absolute Gasteiger partial charge is 0.457 e. The highest BCUT2D eigenvalue weighted by Gasteiger charge is 2.06. The van der Waals surface area contributed by atoms with Gasteiger partial charge in [-0.05, 0) is 48.6 Å². The van der Waals surface area contributed by atoms with Crippen molar-refractivity contribution in [2.24, 2.45) is 0 Å². The average molecular weight is 366 g/mol. The smallest absolute Gasteiger partial charge is 0.221 e. The molecule has 1 heterocycles. The molecule has 0 saturated heterocycles. The number of anilines is 1. The van der Waals surface area contributed by atoms with Gasteiger partial charge in [0.15, 0.2) is 5.78 Å². The van der Waals surface area contributed by atoms with Crippen LogP contribution in [0.1, 0.15) is 23.0 Å². The van der Waals surface area contributed by atoms with Crippen molar-refractivity contribution in [3.63, 3.8) is 0 Å². The van der Waals surface area contributed by atoms with Gasteiger partial charge in [-0.2, -0.15) is 0 Å².